The maximum absolute atomic E-state index is 13.2. The highest BCUT2D eigenvalue weighted by atomic mass is 32.2. The second-order valence-corrected chi connectivity index (χ2v) is 6.60. The molecule has 0 saturated heterocycles. The third-order valence-electron chi connectivity index (χ3n) is 3.91. The van der Waals surface area contributed by atoms with Crippen molar-refractivity contribution in [2.45, 2.75) is 24.1 Å². The molecule has 130 valence electrons. The van der Waals surface area contributed by atoms with Crippen LogP contribution in [0.15, 0.2) is 58.0 Å². The lowest BCUT2D eigenvalue weighted by molar-refractivity contribution is 0.470. The van der Waals surface area contributed by atoms with Gasteiger partial charge in [-0.1, -0.05) is 43.0 Å². The van der Waals surface area contributed by atoms with Gasteiger partial charge in [0.15, 0.2) is 0 Å². The van der Waals surface area contributed by atoms with Gasteiger partial charge in [-0.3, -0.25) is 0 Å². The quantitative estimate of drug-likeness (QED) is 0.478. The Morgan fingerprint density at radius 3 is 2.35 bits per heavy atom. The van der Waals surface area contributed by atoms with E-state index >= 15 is 0 Å². The van der Waals surface area contributed by atoms with Crippen LogP contribution in [-0.2, 0) is 12.2 Å². The van der Waals surface area contributed by atoms with Crippen molar-refractivity contribution in [3.05, 3.63) is 66.1 Å². The van der Waals surface area contributed by atoms with Gasteiger partial charge in [-0.05, 0) is 24.3 Å². The van der Waals surface area contributed by atoms with E-state index in [1.165, 1.54) is 23.9 Å². The predicted octanol–water partition coefficient (Wildman–Crippen LogP) is 4.67. The molecule has 4 rings (SSSR count). The number of fused-ring (bicyclic) bond motifs is 1. The smallest absolute Gasteiger partial charge is 0.226 e. The van der Waals surface area contributed by atoms with Gasteiger partial charge in [-0.25, -0.2) is 4.39 Å². The molecule has 0 unspecified atom stereocenters. The molecule has 0 amide bonds. The Morgan fingerprint density at radius 2 is 1.62 bits per heavy atom. The van der Waals surface area contributed by atoms with Crippen LogP contribution in [0.1, 0.15) is 18.7 Å². The summed E-state index contributed by atoms with van der Waals surface area (Å²) in [5.41, 5.74) is 1.56. The lowest BCUT2D eigenvalue weighted by Gasteiger charge is -2.08. The molecule has 0 N–H and O–H groups in total. The molecule has 0 aliphatic heterocycles. The second kappa shape index (κ2) is 7.21. The van der Waals surface area contributed by atoms with Crippen LogP contribution in [0, 0.1) is 5.82 Å². The molecular weight excluding hydrogens is 351 g/mol. The van der Waals surface area contributed by atoms with Crippen LogP contribution < -0.4 is 0 Å². The SMILES string of the molecule is CCc1nnc(CSc2nnc(-c3ccc(F)cc3)c3ccccc23)o1. The van der Waals surface area contributed by atoms with Gasteiger partial charge in [0.1, 0.15) is 16.5 Å². The average molecular weight is 366 g/mol. The van der Waals surface area contributed by atoms with Gasteiger partial charge in [0.2, 0.25) is 11.8 Å². The molecule has 0 bridgehead atoms. The number of nitrogens with zero attached hydrogens (tertiary/aromatic N) is 4. The number of aromatic nitrogens is 4. The lowest BCUT2D eigenvalue weighted by Crippen LogP contribution is -1.94. The van der Waals surface area contributed by atoms with Gasteiger partial charge in [0.05, 0.1) is 5.75 Å². The van der Waals surface area contributed by atoms with E-state index in [4.69, 9.17) is 4.42 Å². The van der Waals surface area contributed by atoms with E-state index in [2.05, 4.69) is 20.4 Å². The summed E-state index contributed by atoms with van der Waals surface area (Å²) < 4.78 is 18.8. The Bertz CT molecular complexity index is 1050. The molecule has 2 aromatic carbocycles. The first-order chi connectivity index (χ1) is 12.7. The summed E-state index contributed by atoms with van der Waals surface area (Å²) in [5, 5.41) is 19.5. The molecule has 0 fully saturated rings. The van der Waals surface area contributed by atoms with Gasteiger partial charge < -0.3 is 4.42 Å². The van der Waals surface area contributed by atoms with E-state index in [9.17, 15) is 4.39 Å². The third kappa shape index (κ3) is 3.30. The van der Waals surface area contributed by atoms with Crippen LogP contribution in [0.25, 0.3) is 22.0 Å². The number of hydrogen-bond acceptors (Lipinski definition) is 6. The van der Waals surface area contributed by atoms with Crippen LogP contribution in [0.2, 0.25) is 0 Å². The zero-order valence-corrected chi connectivity index (χ0v) is 14.8. The number of aryl methyl sites for hydroxylation is 1. The van der Waals surface area contributed by atoms with Crippen LogP contribution in [-0.4, -0.2) is 20.4 Å². The summed E-state index contributed by atoms with van der Waals surface area (Å²) in [7, 11) is 0. The van der Waals surface area contributed by atoms with Crippen LogP contribution in [0.4, 0.5) is 4.39 Å². The molecule has 2 aromatic heterocycles. The van der Waals surface area contributed by atoms with E-state index in [1.807, 2.05) is 31.2 Å². The highest BCUT2D eigenvalue weighted by Gasteiger charge is 2.13. The van der Waals surface area contributed by atoms with E-state index in [0.717, 1.165) is 27.1 Å². The average Bonchev–Trinajstić information content (AvgIpc) is 3.15. The van der Waals surface area contributed by atoms with E-state index in [0.29, 0.717) is 24.0 Å². The maximum atomic E-state index is 13.2. The fraction of sp³-hybridized carbons (Fsp3) is 0.158. The van der Waals surface area contributed by atoms with Crippen molar-refractivity contribution < 1.29 is 8.81 Å². The molecule has 0 radical (unpaired) electrons. The maximum Gasteiger partial charge on any atom is 0.226 e. The molecule has 0 saturated carbocycles. The molecule has 0 atom stereocenters. The summed E-state index contributed by atoms with van der Waals surface area (Å²) >= 11 is 1.50. The Kier molecular flexibility index (Phi) is 4.62. The molecule has 0 aliphatic carbocycles. The van der Waals surface area contributed by atoms with Crippen molar-refractivity contribution in [3.8, 4) is 11.3 Å². The normalized spacial score (nSPS) is 11.2. The standard InChI is InChI=1S/C19H15FN4OS/c1-2-16-21-22-17(25-16)11-26-19-15-6-4-3-5-14(15)18(23-24-19)12-7-9-13(20)10-8-12/h3-10H,2,11H2,1H3. The first kappa shape index (κ1) is 16.7. The van der Waals surface area contributed by atoms with Crippen molar-refractivity contribution in [2.24, 2.45) is 0 Å². The fourth-order valence-electron chi connectivity index (χ4n) is 2.63. The molecule has 2 heterocycles. The highest BCUT2D eigenvalue weighted by Crippen LogP contribution is 2.32. The first-order valence-corrected chi connectivity index (χ1v) is 9.18. The third-order valence-corrected chi connectivity index (χ3v) is 4.88. The summed E-state index contributed by atoms with van der Waals surface area (Å²) in [6.45, 7) is 1.97. The van der Waals surface area contributed by atoms with Gasteiger partial charge in [-0.15, -0.1) is 20.4 Å². The summed E-state index contributed by atoms with van der Waals surface area (Å²) in [6, 6.07) is 14.2. The Hall–Kier alpha value is -2.80. The molecular formula is C19H15FN4OS. The number of thioether (sulfide) groups is 1. The number of halogens is 1. The molecule has 4 aromatic rings. The van der Waals surface area contributed by atoms with E-state index < -0.39 is 0 Å². The minimum atomic E-state index is -0.274. The predicted molar refractivity (Wildman–Crippen MR) is 98.2 cm³/mol. The summed E-state index contributed by atoms with van der Waals surface area (Å²) in [6.07, 6.45) is 0.715. The van der Waals surface area contributed by atoms with Gasteiger partial charge >= 0.3 is 0 Å². The minimum absolute atomic E-state index is 0.274. The fourth-order valence-corrected chi connectivity index (χ4v) is 3.44. The lowest BCUT2D eigenvalue weighted by atomic mass is 10.1. The van der Waals surface area contributed by atoms with E-state index in [1.54, 1.807) is 12.1 Å². The second-order valence-electron chi connectivity index (χ2n) is 5.64. The van der Waals surface area contributed by atoms with Gasteiger partial charge in [0, 0.05) is 22.8 Å². The van der Waals surface area contributed by atoms with Gasteiger partial charge in [0.25, 0.3) is 0 Å². The van der Waals surface area contributed by atoms with Crippen molar-refractivity contribution in [1.29, 1.82) is 0 Å². The van der Waals surface area contributed by atoms with Crippen molar-refractivity contribution >= 4 is 22.5 Å². The Labute approximate surface area is 153 Å². The number of hydrogen-bond donors (Lipinski definition) is 0. The van der Waals surface area contributed by atoms with Gasteiger partial charge in [-0.2, -0.15) is 0 Å². The van der Waals surface area contributed by atoms with Crippen molar-refractivity contribution in [2.75, 3.05) is 0 Å². The summed E-state index contributed by atoms with van der Waals surface area (Å²) in [5.74, 6) is 1.45. The van der Waals surface area contributed by atoms with Crippen LogP contribution in [0.3, 0.4) is 0 Å². The molecule has 0 aliphatic rings. The molecule has 26 heavy (non-hydrogen) atoms. The molecule has 0 spiro atoms. The van der Waals surface area contributed by atoms with Crippen molar-refractivity contribution in [1.82, 2.24) is 20.4 Å². The van der Waals surface area contributed by atoms with E-state index in [-0.39, 0.29) is 5.82 Å². The Morgan fingerprint density at radius 1 is 0.885 bits per heavy atom. The Balaban J connectivity index is 1.68. The van der Waals surface area contributed by atoms with Crippen LogP contribution in [0.5, 0.6) is 0 Å². The monoisotopic (exact) mass is 366 g/mol. The minimum Gasteiger partial charge on any atom is -0.424 e. The van der Waals surface area contributed by atoms with Crippen LogP contribution >= 0.6 is 11.8 Å². The number of benzene rings is 2. The van der Waals surface area contributed by atoms with Crippen molar-refractivity contribution in [3.63, 3.8) is 0 Å². The highest BCUT2D eigenvalue weighted by molar-refractivity contribution is 7.98. The molecule has 5 nitrogen and oxygen atoms in total. The zero-order chi connectivity index (χ0) is 17.9. The largest absolute Gasteiger partial charge is 0.424 e. The number of rotatable bonds is 5. The first-order valence-electron chi connectivity index (χ1n) is 8.20. The zero-order valence-electron chi connectivity index (χ0n) is 14.0. The summed E-state index contributed by atoms with van der Waals surface area (Å²) in [4.78, 5) is 0. The topological polar surface area (TPSA) is 64.7 Å². The molecule has 7 heteroatoms.